The fourth-order valence-corrected chi connectivity index (χ4v) is 5.61. The van der Waals surface area contributed by atoms with Crippen molar-refractivity contribution in [3.05, 3.63) is 96.1 Å². The standard InChI is InChI=1S/C35H36F2N8O5/c1-2-22-17-23(6-7-25(22)35(48)41-13-16-49-21-30(47)44-14-11-38-24(19-44)20-46)43-33-34-42-18-27(45(34)15-12-40-33)26-8-9-28(32(37)31(26)36)50-29-5-3-4-10-39-29/h3-10,12,15,17-18,24,38,46H,2,11,13-14,16,19-21H2,1H3,(H,40,43)(H,41,48)/t24-/m0/s1. The number of aliphatic hydroxyl groups is 1. The normalized spacial score (nSPS) is 14.5. The van der Waals surface area contributed by atoms with Gasteiger partial charge in [0.25, 0.3) is 5.91 Å². The average molecular weight is 687 g/mol. The second-order valence-electron chi connectivity index (χ2n) is 11.5. The van der Waals surface area contributed by atoms with Gasteiger partial charge in [0, 0.05) is 73.7 Å². The highest BCUT2D eigenvalue weighted by atomic mass is 19.2. The molecule has 2 amide bonds. The maximum absolute atomic E-state index is 15.3. The Balaban J connectivity index is 1.08. The molecule has 1 aliphatic rings. The van der Waals surface area contributed by atoms with Crippen molar-refractivity contribution in [1.29, 1.82) is 0 Å². The quantitative estimate of drug-likeness (QED) is 0.135. The van der Waals surface area contributed by atoms with E-state index in [0.29, 0.717) is 54.5 Å². The molecule has 5 aromatic rings. The van der Waals surface area contributed by atoms with Crippen molar-refractivity contribution in [2.75, 3.05) is 51.3 Å². The second-order valence-corrected chi connectivity index (χ2v) is 11.5. The Morgan fingerprint density at radius 1 is 1.08 bits per heavy atom. The van der Waals surface area contributed by atoms with E-state index in [0.717, 1.165) is 5.56 Å². The van der Waals surface area contributed by atoms with Crippen molar-refractivity contribution >= 4 is 29.0 Å². The predicted octanol–water partition coefficient (Wildman–Crippen LogP) is 3.71. The van der Waals surface area contributed by atoms with E-state index in [4.69, 9.17) is 9.47 Å². The molecule has 0 saturated carbocycles. The summed E-state index contributed by atoms with van der Waals surface area (Å²) < 4.78 is 42.9. The molecule has 260 valence electrons. The molecule has 0 radical (unpaired) electrons. The second kappa shape index (κ2) is 15.8. The van der Waals surface area contributed by atoms with E-state index in [9.17, 15) is 14.7 Å². The molecule has 13 nitrogen and oxygen atoms in total. The molecule has 0 unspecified atom stereocenters. The smallest absolute Gasteiger partial charge is 0.251 e. The largest absolute Gasteiger partial charge is 0.436 e. The van der Waals surface area contributed by atoms with E-state index < -0.39 is 11.6 Å². The van der Waals surface area contributed by atoms with Gasteiger partial charge in [-0.25, -0.2) is 19.3 Å². The summed E-state index contributed by atoms with van der Waals surface area (Å²) in [4.78, 5) is 39.9. The molecule has 4 N–H and O–H groups in total. The number of imidazole rings is 1. The summed E-state index contributed by atoms with van der Waals surface area (Å²) in [6.45, 7) is 3.75. The SMILES string of the molecule is CCc1cc(Nc2nccn3c(-c4ccc(Oc5ccccn5)c(F)c4F)cnc23)ccc1C(=O)NCCOCC(=O)N1CCN[C@H](CO)C1. The van der Waals surface area contributed by atoms with Crippen molar-refractivity contribution < 1.29 is 33.0 Å². The van der Waals surface area contributed by atoms with Crippen LogP contribution in [-0.4, -0.2) is 93.2 Å². The van der Waals surface area contributed by atoms with Crippen LogP contribution in [0, 0.1) is 11.6 Å². The zero-order valence-corrected chi connectivity index (χ0v) is 27.2. The van der Waals surface area contributed by atoms with Gasteiger partial charge in [-0.1, -0.05) is 13.0 Å². The lowest BCUT2D eigenvalue weighted by molar-refractivity contribution is -0.137. The van der Waals surface area contributed by atoms with Gasteiger partial charge in [-0.3, -0.25) is 14.0 Å². The first kappa shape index (κ1) is 34.4. The number of piperazine rings is 1. The van der Waals surface area contributed by atoms with Crippen LogP contribution in [0.3, 0.4) is 0 Å². The van der Waals surface area contributed by atoms with Gasteiger partial charge in [-0.2, -0.15) is 4.39 Å². The molecule has 0 spiro atoms. The first-order valence-electron chi connectivity index (χ1n) is 16.1. The number of aryl methyl sites for hydroxylation is 1. The predicted molar refractivity (Wildman–Crippen MR) is 180 cm³/mol. The van der Waals surface area contributed by atoms with Crippen LogP contribution in [0.2, 0.25) is 0 Å². The Morgan fingerprint density at radius 2 is 1.96 bits per heavy atom. The Kier molecular flexibility index (Phi) is 10.9. The number of amides is 2. The summed E-state index contributed by atoms with van der Waals surface area (Å²) in [6.07, 6.45) is 6.60. The molecule has 1 aliphatic heterocycles. The van der Waals surface area contributed by atoms with Crippen LogP contribution >= 0.6 is 0 Å². The van der Waals surface area contributed by atoms with Gasteiger partial charge < -0.3 is 35.4 Å². The summed E-state index contributed by atoms with van der Waals surface area (Å²) >= 11 is 0. The molecule has 1 saturated heterocycles. The number of hydrogen-bond acceptors (Lipinski definition) is 10. The number of ether oxygens (including phenoxy) is 2. The first-order chi connectivity index (χ1) is 24.4. The van der Waals surface area contributed by atoms with Gasteiger partial charge >= 0.3 is 0 Å². The molecule has 0 bridgehead atoms. The highest BCUT2D eigenvalue weighted by Crippen LogP contribution is 2.33. The van der Waals surface area contributed by atoms with Gasteiger partial charge in [0.1, 0.15) is 6.61 Å². The summed E-state index contributed by atoms with van der Waals surface area (Å²) in [5.41, 5.74) is 2.58. The van der Waals surface area contributed by atoms with Crippen molar-refractivity contribution in [2.24, 2.45) is 0 Å². The number of rotatable bonds is 13. The molecule has 3 aromatic heterocycles. The van der Waals surface area contributed by atoms with Gasteiger partial charge in [0.15, 0.2) is 23.0 Å². The Hall–Kier alpha value is -5.51. The molecule has 50 heavy (non-hydrogen) atoms. The summed E-state index contributed by atoms with van der Waals surface area (Å²) in [7, 11) is 0. The highest BCUT2D eigenvalue weighted by Gasteiger charge is 2.23. The zero-order valence-electron chi connectivity index (χ0n) is 27.2. The molecule has 0 aliphatic carbocycles. The average Bonchev–Trinajstić information content (AvgIpc) is 3.58. The van der Waals surface area contributed by atoms with Crippen molar-refractivity contribution in [1.82, 2.24) is 34.9 Å². The molecule has 15 heteroatoms. The minimum absolute atomic E-state index is 0.0168. The molecular weight excluding hydrogens is 650 g/mol. The van der Waals surface area contributed by atoms with E-state index in [1.54, 1.807) is 39.8 Å². The summed E-state index contributed by atoms with van der Waals surface area (Å²) in [5.74, 6) is -2.48. The lowest BCUT2D eigenvalue weighted by Gasteiger charge is -2.32. The maximum Gasteiger partial charge on any atom is 0.251 e. The Morgan fingerprint density at radius 3 is 2.76 bits per heavy atom. The number of aromatic nitrogens is 4. The number of anilines is 2. The molecular formula is C35H36F2N8O5. The minimum atomic E-state index is -1.15. The van der Waals surface area contributed by atoms with E-state index in [2.05, 4.69) is 30.9 Å². The third-order valence-electron chi connectivity index (χ3n) is 8.18. The van der Waals surface area contributed by atoms with Gasteiger partial charge in [-0.15, -0.1) is 0 Å². The third-order valence-corrected chi connectivity index (χ3v) is 8.18. The molecule has 2 aromatic carbocycles. The van der Waals surface area contributed by atoms with Gasteiger partial charge in [-0.05, 0) is 48.4 Å². The number of carbonyl (C=O) groups is 2. The number of fused-ring (bicyclic) bond motifs is 1. The van der Waals surface area contributed by atoms with E-state index >= 15 is 8.78 Å². The lowest BCUT2D eigenvalue weighted by atomic mass is 10.0. The molecule has 4 heterocycles. The van der Waals surface area contributed by atoms with E-state index in [-0.39, 0.29) is 61.4 Å². The van der Waals surface area contributed by atoms with Crippen molar-refractivity contribution in [2.45, 2.75) is 19.4 Å². The number of carbonyl (C=O) groups excluding carboxylic acids is 2. The number of benzene rings is 2. The van der Waals surface area contributed by atoms with Crippen LogP contribution in [0.15, 0.2) is 73.3 Å². The van der Waals surface area contributed by atoms with Crippen molar-refractivity contribution in [3.8, 4) is 22.9 Å². The van der Waals surface area contributed by atoms with Crippen LogP contribution in [0.25, 0.3) is 16.9 Å². The van der Waals surface area contributed by atoms with E-state index in [1.165, 1.54) is 36.8 Å². The van der Waals surface area contributed by atoms with Crippen LogP contribution in [0.1, 0.15) is 22.8 Å². The lowest BCUT2D eigenvalue weighted by Crippen LogP contribution is -2.54. The Bertz CT molecular complexity index is 1980. The third kappa shape index (κ3) is 7.70. The number of pyridine rings is 1. The van der Waals surface area contributed by atoms with Crippen molar-refractivity contribution in [3.63, 3.8) is 0 Å². The highest BCUT2D eigenvalue weighted by molar-refractivity contribution is 5.96. The van der Waals surface area contributed by atoms with Gasteiger partial charge in [0.05, 0.1) is 25.1 Å². The number of halogens is 2. The fraction of sp³-hybridized carbons (Fsp3) is 0.286. The summed E-state index contributed by atoms with van der Waals surface area (Å²) in [5, 5.41) is 18.5. The molecule has 1 atom stereocenters. The summed E-state index contributed by atoms with van der Waals surface area (Å²) in [6, 6.07) is 12.8. The number of hydrogen-bond donors (Lipinski definition) is 4. The van der Waals surface area contributed by atoms with E-state index in [1.807, 2.05) is 13.0 Å². The number of nitrogens with zero attached hydrogens (tertiary/aromatic N) is 5. The van der Waals surface area contributed by atoms with Crippen LogP contribution in [-0.2, 0) is 16.0 Å². The minimum Gasteiger partial charge on any atom is -0.436 e. The first-order valence-corrected chi connectivity index (χ1v) is 16.1. The fourth-order valence-electron chi connectivity index (χ4n) is 5.61. The van der Waals surface area contributed by atoms with Crippen LogP contribution in [0.4, 0.5) is 20.3 Å². The molecule has 6 rings (SSSR count). The zero-order chi connectivity index (χ0) is 35.0. The topological polar surface area (TPSA) is 155 Å². The van der Waals surface area contributed by atoms with Crippen LogP contribution < -0.4 is 20.7 Å². The number of aliphatic hydroxyl groups excluding tert-OH is 1. The van der Waals surface area contributed by atoms with Crippen LogP contribution in [0.5, 0.6) is 11.6 Å². The maximum atomic E-state index is 15.3. The molecule has 1 fully saturated rings. The van der Waals surface area contributed by atoms with Gasteiger partial charge in [0.2, 0.25) is 17.6 Å². The number of nitrogens with one attached hydrogen (secondary N) is 3. The monoisotopic (exact) mass is 686 g/mol. The Labute approximate surface area is 286 Å².